The molecule has 8 heteroatoms. The van der Waals surface area contributed by atoms with Crippen molar-refractivity contribution in [2.24, 2.45) is 0 Å². The minimum absolute atomic E-state index is 0.0720. The number of nitrogens with zero attached hydrogens (tertiary/aromatic N) is 1. The lowest BCUT2D eigenvalue weighted by molar-refractivity contribution is -0.384. The maximum Gasteiger partial charge on any atom is 0.271 e. The third-order valence-electron chi connectivity index (χ3n) is 3.23. The first-order chi connectivity index (χ1) is 11.4. The number of benzene rings is 2. The van der Waals surface area contributed by atoms with Gasteiger partial charge in [-0.1, -0.05) is 35.3 Å². The van der Waals surface area contributed by atoms with Crippen LogP contribution in [0.15, 0.2) is 42.5 Å². The number of halogens is 2. The van der Waals surface area contributed by atoms with Crippen molar-refractivity contribution in [1.82, 2.24) is 5.32 Å². The van der Waals surface area contributed by atoms with Gasteiger partial charge < -0.3 is 10.1 Å². The smallest absolute Gasteiger partial charge is 0.271 e. The number of nitro groups is 1. The molecule has 126 valence electrons. The van der Waals surface area contributed by atoms with E-state index in [4.69, 9.17) is 27.9 Å². The highest BCUT2D eigenvalue weighted by Crippen LogP contribution is 2.28. The monoisotopic (exact) mass is 368 g/mol. The van der Waals surface area contributed by atoms with E-state index in [1.165, 1.54) is 18.2 Å². The largest absolute Gasteiger partial charge is 0.482 e. The number of nitrogens with one attached hydrogen (secondary N) is 1. The fourth-order valence-electron chi connectivity index (χ4n) is 1.98. The van der Waals surface area contributed by atoms with E-state index in [-0.39, 0.29) is 35.0 Å². The molecule has 0 aromatic heterocycles. The van der Waals surface area contributed by atoms with E-state index in [0.717, 1.165) is 5.56 Å². The molecule has 6 nitrogen and oxygen atoms in total. The molecule has 0 saturated heterocycles. The fraction of sp³-hybridized carbons (Fsp3) is 0.188. The minimum Gasteiger partial charge on any atom is -0.482 e. The molecule has 0 saturated carbocycles. The zero-order valence-electron chi connectivity index (χ0n) is 12.7. The third kappa shape index (κ3) is 4.84. The van der Waals surface area contributed by atoms with Crippen molar-refractivity contribution in [3.8, 4) is 5.75 Å². The Labute approximate surface area is 148 Å². The molecule has 0 aliphatic heterocycles. The second-order valence-corrected chi connectivity index (χ2v) is 5.84. The van der Waals surface area contributed by atoms with Gasteiger partial charge >= 0.3 is 0 Å². The van der Waals surface area contributed by atoms with E-state index in [1.54, 1.807) is 12.1 Å². The highest BCUT2D eigenvalue weighted by atomic mass is 35.5. The first-order valence-electron chi connectivity index (χ1n) is 6.98. The van der Waals surface area contributed by atoms with Crippen LogP contribution in [0.4, 0.5) is 5.69 Å². The SMILES string of the molecule is C[C@H](NC(=O)COc1ccc([N+](=O)[O-])cc1Cl)c1ccc(Cl)cc1. The topological polar surface area (TPSA) is 81.5 Å². The maximum atomic E-state index is 11.9. The van der Waals surface area contributed by atoms with Crippen LogP contribution in [0.3, 0.4) is 0 Å². The summed E-state index contributed by atoms with van der Waals surface area (Å²) in [5.74, 6) is -0.136. The molecule has 1 N–H and O–H groups in total. The van der Waals surface area contributed by atoms with Gasteiger partial charge in [-0.25, -0.2) is 0 Å². The lowest BCUT2D eigenvalue weighted by Crippen LogP contribution is -2.31. The van der Waals surface area contributed by atoms with Crippen LogP contribution in [0.2, 0.25) is 10.0 Å². The number of nitro benzene ring substituents is 1. The number of amides is 1. The van der Waals surface area contributed by atoms with E-state index in [2.05, 4.69) is 5.32 Å². The van der Waals surface area contributed by atoms with Crippen LogP contribution in [0, 0.1) is 10.1 Å². The summed E-state index contributed by atoms with van der Waals surface area (Å²) in [5.41, 5.74) is 0.759. The Balaban J connectivity index is 1.91. The normalized spacial score (nSPS) is 11.6. The fourth-order valence-corrected chi connectivity index (χ4v) is 2.34. The molecule has 0 aliphatic rings. The molecule has 2 aromatic carbocycles. The van der Waals surface area contributed by atoms with Crippen molar-refractivity contribution >= 4 is 34.8 Å². The summed E-state index contributed by atoms with van der Waals surface area (Å²) in [7, 11) is 0. The molecule has 0 radical (unpaired) electrons. The van der Waals surface area contributed by atoms with Gasteiger partial charge in [-0.3, -0.25) is 14.9 Å². The molecule has 1 atom stereocenters. The first-order valence-corrected chi connectivity index (χ1v) is 7.74. The van der Waals surface area contributed by atoms with Crippen molar-refractivity contribution in [2.75, 3.05) is 6.61 Å². The van der Waals surface area contributed by atoms with E-state index >= 15 is 0 Å². The van der Waals surface area contributed by atoms with Crippen LogP contribution in [0.25, 0.3) is 0 Å². The Morgan fingerprint density at radius 3 is 2.50 bits per heavy atom. The van der Waals surface area contributed by atoms with Crippen molar-refractivity contribution in [1.29, 1.82) is 0 Å². The summed E-state index contributed by atoms with van der Waals surface area (Å²) in [6, 6.07) is 10.7. The van der Waals surface area contributed by atoms with Gasteiger partial charge in [0.1, 0.15) is 5.75 Å². The van der Waals surface area contributed by atoms with Crippen LogP contribution in [0.1, 0.15) is 18.5 Å². The van der Waals surface area contributed by atoms with Crippen LogP contribution < -0.4 is 10.1 Å². The molecule has 1 amide bonds. The van der Waals surface area contributed by atoms with Crippen LogP contribution >= 0.6 is 23.2 Å². The number of non-ortho nitro benzene ring substituents is 1. The Morgan fingerprint density at radius 1 is 1.25 bits per heavy atom. The second kappa shape index (κ2) is 7.99. The summed E-state index contributed by atoms with van der Waals surface area (Å²) in [4.78, 5) is 22.0. The molecule has 24 heavy (non-hydrogen) atoms. The number of rotatable bonds is 6. The second-order valence-electron chi connectivity index (χ2n) is 5.00. The number of carbonyl (C=O) groups excluding carboxylic acids is 1. The maximum absolute atomic E-state index is 11.9. The quantitative estimate of drug-likeness (QED) is 0.612. The Morgan fingerprint density at radius 2 is 1.92 bits per heavy atom. The summed E-state index contributed by atoms with van der Waals surface area (Å²) in [6.45, 7) is 1.58. The van der Waals surface area contributed by atoms with Gasteiger partial charge in [-0.05, 0) is 30.7 Å². The third-order valence-corrected chi connectivity index (χ3v) is 3.78. The average molecular weight is 369 g/mol. The number of ether oxygens (including phenoxy) is 1. The number of hydrogen-bond donors (Lipinski definition) is 1. The first kappa shape index (κ1) is 18.0. The Hall–Kier alpha value is -2.31. The zero-order valence-corrected chi connectivity index (χ0v) is 14.2. The van der Waals surface area contributed by atoms with E-state index < -0.39 is 4.92 Å². The van der Waals surface area contributed by atoms with Crippen molar-refractivity contribution in [2.45, 2.75) is 13.0 Å². The highest BCUT2D eigenvalue weighted by molar-refractivity contribution is 6.32. The van der Waals surface area contributed by atoms with Crippen molar-refractivity contribution in [3.05, 3.63) is 68.2 Å². The summed E-state index contributed by atoms with van der Waals surface area (Å²) >= 11 is 11.7. The van der Waals surface area contributed by atoms with Crippen molar-refractivity contribution < 1.29 is 14.5 Å². The standard InChI is InChI=1S/C16H14Cl2N2O4/c1-10(11-2-4-12(17)5-3-11)19-16(21)9-24-15-7-6-13(20(22)23)8-14(15)18/h2-8,10H,9H2,1H3,(H,19,21)/t10-/m0/s1. The van der Waals surface area contributed by atoms with Crippen LogP contribution in [0.5, 0.6) is 5.75 Å². The summed E-state index contributed by atoms with van der Waals surface area (Å²) in [5, 5.41) is 14.1. The Kier molecular flexibility index (Phi) is 6.00. The van der Waals surface area contributed by atoms with Gasteiger partial charge in [0.05, 0.1) is 16.0 Å². The number of carbonyl (C=O) groups is 1. The van der Waals surface area contributed by atoms with Gasteiger partial charge in [0.2, 0.25) is 0 Å². The molecule has 0 unspecified atom stereocenters. The highest BCUT2D eigenvalue weighted by Gasteiger charge is 2.13. The predicted molar refractivity (Wildman–Crippen MR) is 91.6 cm³/mol. The van der Waals surface area contributed by atoms with Gasteiger partial charge in [0.25, 0.3) is 11.6 Å². The molecule has 0 heterocycles. The zero-order chi connectivity index (χ0) is 17.7. The van der Waals surface area contributed by atoms with E-state index in [9.17, 15) is 14.9 Å². The molecule has 0 fully saturated rings. The summed E-state index contributed by atoms with van der Waals surface area (Å²) in [6.07, 6.45) is 0. The van der Waals surface area contributed by atoms with Gasteiger partial charge in [-0.2, -0.15) is 0 Å². The van der Waals surface area contributed by atoms with Crippen molar-refractivity contribution in [3.63, 3.8) is 0 Å². The van der Waals surface area contributed by atoms with Crippen LogP contribution in [-0.4, -0.2) is 17.4 Å². The predicted octanol–water partition coefficient (Wildman–Crippen LogP) is 4.16. The molecule has 2 aromatic rings. The molecule has 2 rings (SSSR count). The number of hydrogen-bond acceptors (Lipinski definition) is 4. The lowest BCUT2D eigenvalue weighted by Gasteiger charge is -2.15. The lowest BCUT2D eigenvalue weighted by atomic mass is 10.1. The molecule has 0 spiro atoms. The van der Waals surface area contributed by atoms with E-state index in [0.29, 0.717) is 5.02 Å². The van der Waals surface area contributed by atoms with Crippen LogP contribution in [-0.2, 0) is 4.79 Å². The molecular formula is C16H14Cl2N2O4. The Bertz CT molecular complexity index is 750. The molecule has 0 aliphatic carbocycles. The van der Waals surface area contributed by atoms with Gasteiger partial charge in [0, 0.05) is 17.2 Å². The average Bonchev–Trinajstić information content (AvgIpc) is 2.54. The van der Waals surface area contributed by atoms with E-state index in [1.807, 2.05) is 19.1 Å². The molecule has 0 bridgehead atoms. The minimum atomic E-state index is -0.559. The van der Waals surface area contributed by atoms with Gasteiger partial charge in [-0.15, -0.1) is 0 Å². The van der Waals surface area contributed by atoms with Gasteiger partial charge in [0.15, 0.2) is 6.61 Å². The summed E-state index contributed by atoms with van der Waals surface area (Å²) < 4.78 is 5.30. The molecular weight excluding hydrogens is 355 g/mol.